The van der Waals surface area contributed by atoms with Gasteiger partial charge in [0.2, 0.25) is 5.91 Å². The van der Waals surface area contributed by atoms with Gasteiger partial charge in [-0.3, -0.25) is 4.79 Å². The maximum atomic E-state index is 12.3. The number of nitrogens with zero attached hydrogens (tertiary/aromatic N) is 1. The number of likely N-dealkylation sites (tertiary alicyclic amines) is 1. The number of likely N-dealkylation sites (N-methyl/N-ethyl adjacent to an activating group) is 1. The zero-order chi connectivity index (χ0) is 14.9. The number of amides is 1. The minimum absolute atomic E-state index is 0.349. The smallest absolute Gasteiger partial charge is 0.222 e. The van der Waals surface area contributed by atoms with Gasteiger partial charge in [-0.05, 0) is 38.1 Å². The van der Waals surface area contributed by atoms with Crippen LogP contribution in [0, 0.1) is 5.92 Å². The Kier molecular flexibility index (Phi) is 7.51. The summed E-state index contributed by atoms with van der Waals surface area (Å²) in [6.45, 7) is 6.59. The number of hydrogen-bond donors (Lipinski definition) is 1. The van der Waals surface area contributed by atoms with Crippen LogP contribution >= 0.6 is 0 Å². The van der Waals surface area contributed by atoms with Gasteiger partial charge in [-0.15, -0.1) is 0 Å². The fourth-order valence-electron chi connectivity index (χ4n) is 3.51. The van der Waals surface area contributed by atoms with Crippen LogP contribution < -0.4 is 5.32 Å². The first-order valence-corrected chi connectivity index (χ1v) is 8.89. The molecule has 0 aromatic carbocycles. The molecule has 4 heteroatoms. The minimum Gasteiger partial charge on any atom is -0.377 e. The van der Waals surface area contributed by atoms with Crippen LogP contribution in [0.3, 0.4) is 0 Å². The van der Waals surface area contributed by atoms with Crippen molar-refractivity contribution in [3.63, 3.8) is 0 Å². The lowest BCUT2D eigenvalue weighted by atomic mass is 9.86. The Labute approximate surface area is 129 Å². The standard InChI is InChI=1S/C17H32N2O2/c1-2-18-10-13-21-16-8-11-19(12-9-16)17(20)14-15-6-4-3-5-7-15/h15-16,18H,2-14H2,1H3. The summed E-state index contributed by atoms with van der Waals surface area (Å²) in [5.41, 5.74) is 0. The van der Waals surface area contributed by atoms with E-state index in [1.807, 2.05) is 0 Å². The number of hydrogen-bond acceptors (Lipinski definition) is 3. The highest BCUT2D eigenvalue weighted by Gasteiger charge is 2.25. The summed E-state index contributed by atoms with van der Waals surface area (Å²) in [4.78, 5) is 14.4. The highest BCUT2D eigenvalue weighted by Crippen LogP contribution is 2.27. The molecule has 1 saturated carbocycles. The molecule has 122 valence electrons. The van der Waals surface area contributed by atoms with E-state index >= 15 is 0 Å². The Morgan fingerprint density at radius 3 is 2.52 bits per heavy atom. The molecule has 0 unspecified atom stereocenters. The highest BCUT2D eigenvalue weighted by molar-refractivity contribution is 5.76. The van der Waals surface area contributed by atoms with Crippen LogP contribution in [0.25, 0.3) is 0 Å². The lowest BCUT2D eigenvalue weighted by Gasteiger charge is -2.33. The van der Waals surface area contributed by atoms with Gasteiger partial charge in [-0.25, -0.2) is 0 Å². The quantitative estimate of drug-likeness (QED) is 0.734. The number of ether oxygens (including phenoxy) is 1. The lowest BCUT2D eigenvalue weighted by Crippen LogP contribution is -2.42. The number of rotatable bonds is 7. The summed E-state index contributed by atoms with van der Waals surface area (Å²) in [5.74, 6) is 1.04. The van der Waals surface area contributed by atoms with Crippen LogP contribution in [-0.2, 0) is 9.53 Å². The first-order chi connectivity index (χ1) is 10.3. The van der Waals surface area contributed by atoms with Gasteiger partial charge in [-0.1, -0.05) is 26.2 Å². The second-order valence-electron chi connectivity index (χ2n) is 6.51. The van der Waals surface area contributed by atoms with E-state index in [1.165, 1.54) is 32.1 Å². The SMILES string of the molecule is CCNCCOC1CCN(C(=O)CC2CCCCC2)CC1. The van der Waals surface area contributed by atoms with Crippen molar-refractivity contribution in [1.29, 1.82) is 0 Å². The summed E-state index contributed by atoms with van der Waals surface area (Å²) in [7, 11) is 0. The third-order valence-corrected chi connectivity index (χ3v) is 4.87. The molecule has 1 amide bonds. The molecule has 4 nitrogen and oxygen atoms in total. The van der Waals surface area contributed by atoms with Crippen molar-refractivity contribution in [1.82, 2.24) is 10.2 Å². The van der Waals surface area contributed by atoms with Crippen LogP contribution in [-0.4, -0.2) is 49.7 Å². The van der Waals surface area contributed by atoms with Crippen molar-refractivity contribution in [2.75, 3.05) is 32.8 Å². The van der Waals surface area contributed by atoms with E-state index in [9.17, 15) is 4.79 Å². The third kappa shape index (κ3) is 5.95. The third-order valence-electron chi connectivity index (χ3n) is 4.87. The van der Waals surface area contributed by atoms with Crippen molar-refractivity contribution in [2.45, 2.75) is 64.4 Å². The monoisotopic (exact) mass is 296 g/mol. The molecule has 2 rings (SSSR count). The molecule has 1 N–H and O–H groups in total. The fraction of sp³-hybridized carbons (Fsp3) is 0.941. The van der Waals surface area contributed by atoms with Crippen LogP contribution in [0.5, 0.6) is 0 Å². The molecular weight excluding hydrogens is 264 g/mol. The molecule has 1 heterocycles. The Morgan fingerprint density at radius 2 is 1.86 bits per heavy atom. The van der Waals surface area contributed by atoms with E-state index in [4.69, 9.17) is 4.74 Å². The van der Waals surface area contributed by atoms with Crippen LogP contribution in [0.4, 0.5) is 0 Å². The molecule has 21 heavy (non-hydrogen) atoms. The topological polar surface area (TPSA) is 41.6 Å². The predicted octanol–water partition coefficient (Wildman–Crippen LogP) is 2.57. The van der Waals surface area contributed by atoms with Crippen molar-refractivity contribution >= 4 is 5.91 Å². The van der Waals surface area contributed by atoms with Crippen LogP contribution in [0.2, 0.25) is 0 Å². The zero-order valence-electron chi connectivity index (χ0n) is 13.6. The van der Waals surface area contributed by atoms with Gasteiger partial charge in [0.25, 0.3) is 0 Å². The average Bonchev–Trinajstić information content (AvgIpc) is 2.53. The van der Waals surface area contributed by atoms with Gasteiger partial charge in [0, 0.05) is 26.1 Å². The predicted molar refractivity (Wildman–Crippen MR) is 85.3 cm³/mol. The van der Waals surface area contributed by atoms with Gasteiger partial charge in [-0.2, -0.15) is 0 Å². The van der Waals surface area contributed by atoms with E-state index in [-0.39, 0.29) is 0 Å². The molecule has 0 radical (unpaired) electrons. The van der Waals surface area contributed by atoms with Crippen molar-refractivity contribution in [2.24, 2.45) is 5.92 Å². The van der Waals surface area contributed by atoms with Crippen molar-refractivity contribution in [3.8, 4) is 0 Å². The second kappa shape index (κ2) is 9.42. The Balaban J connectivity index is 1.60. The van der Waals surface area contributed by atoms with Gasteiger partial charge >= 0.3 is 0 Å². The molecule has 2 fully saturated rings. The van der Waals surface area contributed by atoms with E-state index < -0.39 is 0 Å². The first kappa shape index (κ1) is 16.8. The number of carbonyl (C=O) groups is 1. The largest absolute Gasteiger partial charge is 0.377 e. The maximum absolute atomic E-state index is 12.3. The highest BCUT2D eigenvalue weighted by atomic mass is 16.5. The summed E-state index contributed by atoms with van der Waals surface area (Å²) >= 11 is 0. The molecule has 1 aliphatic carbocycles. The fourth-order valence-corrected chi connectivity index (χ4v) is 3.51. The van der Waals surface area contributed by atoms with Crippen molar-refractivity contribution in [3.05, 3.63) is 0 Å². The first-order valence-electron chi connectivity index (χ1n) is 8.89. The summed E-state index contributed by atoms with van der Waals surface area (Å²) in [6.07, 6.45) is 9.66. The Morgan fingerprint density at radius 1 is 1.14 bits per heavy atom. The molecule has 0 aromatic heterocycles. The zero-order valence-corrected chi connectivity index (χ0v) is 13.6. The molecule has 2 aliphatic rings. The van der Waals surface area contributed by atoms with E-state index in [1.54, 1.807) is 0 Å². The van der Waals surface area contributed by atoms with Gasteiger partial charge in [0.05, 0.1) is 12.7 Å². The van der Waals surface area contributed by atoms with E-state index in [0.717, 1.165) is 52.0 Å². The maximum Gasteiger partial charge on any atom is 0.222 e. The molecular formula is C17H32N2O2. The Bertz CT molecular complexity index is 295. The number of piperidine rings is 1. The summed E-state index contributed by atoms with van der Waals surface area (Å²) in [5, 5.41) is 3.27. The number of nitrogens with one attached hydrogen (secondary N) is 1. The molecule has 1 saturated heterocycles. The molecule has 0 spiro atoms. The second-order valence-corrected chi connectivity index (χ2v) is 6.51. The minimum atomic E-state index is 0.349. The van der Waals surface area contributed by atoms with Gasteiger partial charge in [0.1, 0.15) is 0 Å². The van der Waals surface area contributed by atoms with Gasteiger partial charge in [0.15, 0.2) is 0 Å². The van der Waals surface area contributed by atoms with Gasteiger partial charge < -0.3 is 15.0 Å². The van der Waals surface area contributed by atoms with Crippen LogP contribution in [0.15, 0.2) is 0 Å². The summed E-state index contributed by atoms with van der Waals surface area (Å²) < 4.78 is 5.86. The molecule has 0 aromatic rings. The number of carbonyl (C=O) groups excluding carboxylic acids is 1. The molecule has 0 bridgehead atoms. The average molecular weight is 296 g/mol. The Hall–Kier alpha value is -0.610. The van der Waals surface area contributed by atoms with Crippen molar-refractivity contribution < 1.29 is 9.53 Å². The lowest BCUT2D eigenvalue weighted by molar-refractivity contribution is -0.135. The normalized spacial score (nSPS) is 21.7. The molecule has 0 atom stereocenters. The summed E-state index contributed by atoms with van der Waals surface area (Å²) in [6, 6.07) is 0. The molecule has 1 aliphatic heterocycles. The van der Waals surface area contributed by atoms with E-state index in [2.05, 4.69) is 17.1 Å². The van der Waals surface area contributed by atoms with Crippen LogP contribution in [0.1, 0.15) is 58.3 Å². The van der Waals surface area contributed by atoms with E-state index in [0.29, 0.717) is 17.9 Å².